The molecule has 3 nitrogen and oxygen atoms in total. The summed E-state index contributed by atoms with van der Waals surface area (Å²) in [6, 6.07) is 18.6. The molecule has 0 aliphatic carbocycles. The van der Waals surface area contributed by atoms with Gasteiger partial charge in [-0.3, -0.25) is 0 Å². The Morgan fingerprint density at radius 3 is 2.22 bits per heavy atom. The average Bonchev–Trinajstić information content (AvgIpc) is 2.73. The summed E-state index contributed by atoms with van der Waals surface area (Å²) in [4.78, 5) is 1.62. The van der Waals surface area contributed by atoms with E-state index in [9.17, 15) is 5.11 Å². The Hall–Kier alpha value is -1.84. The fourth-order valence-electron chi connectivity index (χ4n) is 4.45. The molecule has 1 heterocycles. The Labute approximate surface area is 164 Å². The molecule has 1 fully saturated rings. The first-order valence-corrected chi connectivity index (χ1v) is 10.5. The largest absolute Gasteiger partial charge is 0.494 e. The van der Waals surface area contributed by atoms with Crippen molar-refractivity contribution in [1.29, 1.82) is 0 Å². The lowest BCUT2D eigenvalue weighted by atomic mass is 9.75. The van der Waals surface area contributed by atoms with Crippen molar-refractivity contribution in [3.8, 4) is 5.75 Å². The number of likely N-dealkylation sites (tertiary alicyclic amines) is 1. The summed E-state index contributed by atoms with van der Waals surface area (Å²) in [6.45, 7) is 8.14. The van der Waals surface area contributed by atoms with Gasteiger partial charge in [-0.05, 0) is 55.9 Å². The molecule has 0 spiro atoms. The molecule has 3 heteroatoms. The highest BCUT2D eigenvalue weighted by Crippen LogP contribution is 2.39. The minimum Gasteiger partial charge on any atom is -0.494 e. The second-order valence-corrected chi connectivity index (χ2v) is 7.71. The van der Waals surface area contributed by atoms with Crippen molar-refractivity contribution in [2.75, 3.05) is 26.2 Å². The van der Waals surface area contributed by atoms with Crippen molar-refractivity contribution in [2.45, 2.75) is 51.0 Å². The summed E-state index contributed by atoms with van der Waals surface area (Å²) in [6.07, 6.45) is 4.62. The lowest BCUT2D eigenvalue weighted by Gasteiger charge is -2.38. The number of benzene rings is 2. The topological polar surface area (TPSA) is 33.9 Å². The molecule has 2 unspecified atom stereocenters. The van der Waals surface area contributed by atoms with Crippen LogP contribution < -0.4 is 9.64 Å². The van der Waals surface area contributed by atoms with Gasteiger partial charge in [0, 0.05) is 0 Å². The number of quaternary nitrogens is 1. The average molecular weight is 369 g/mol. The van der Waals surface area contributed by atoms with Crippen molar-refractivity contribution in [2.24, 2.45) is 0 Å². The highest BCUT2D eigenvalue weighted by Gasteiger charge is 2.40. The first-order chi connectivity index (χ1) is 13.2. The van der Waals surface area contributed by atoms with E-state index in [1.165, 1.54) is 37.9 Å². The third-order valence-electron chi connectivity index (χ3n) is 6.04. The zero-order valence-corrected chi connectivity index (χ0v) is 16.8. The molecule has 0 saturated carbocycles. The number of piperidine rings is 1. The SMILES string of the molecule is CCOc1ccc(C(O)(CC)C(C[NH+]2CCCCC2)c2ccccc2)cc1. The van der Waals surface area contributed by atoms with Crippen LogP contribution in [-0.2, 0) is 5.60 Å². The monoisotopic (exact) mass is 368 g/mol. The van der Waals surface area contributed by atoms with E-state index in [0.717, 1.165) is 17.9 Å². The number of hydrogen-bond acceptors (Lipinski definition) is 2. The fraction of sp³-hybridized carbons (Fsp3) is 0.500. The van der Waals surface area contributed by atoms with Gasteiger partial charge in [-0.25, -0.2) is 0 Å². The second-order valence-electron chi connectivity index (χ2n) is 7.71. The number of rotatable bonds is 8. The molecule has 0 bridgehead atoms. The van der Waals surface area contributed by atoms with Gasteiger partial charge in [0.05, 0.1) is 32.2 Å². The Bertz CT molecular complexity index is 679. The van der Waals surface area contributed by atoms with Gasteiger partial charge in [0.2, 0.25) is 0 Å². The molecule has 27 heavy (non-hydrogen) atoms. The van der Waals surface area contributed by atoms with Gasteiger partial charge in [-0.15, -0.1) is 0 Å². The van der Waals surface area contributed by atoms with E-state index in [1.54, 1.807) is 4.90 Å². The highest BCUT2D eigenvalue weighted by molar-refractivity contribution is 5.35. The molecule has 1 aliphatic heterocycles. The maximum absolute atomic E-state index is 11.9. The van der Waals surface area contributed by atoms with Gasteiger partial charge in [0.15, 0.2) is 0 Å². The Morgan fingerprint density at radius 1 is 0.963 bits per heavy atom. The van der Waals surface area contributed by atoms with Crippen LogP contribution in [0, 0.1) is 0 Å². The minimum atomic E-state index is -0.878. The normalized spacial score (nSPS) is 18.6. The van der Waals surface area contributed by atoms with E-state index < -0.39 is 5.60 Å². The molecule has 0 radical (unpaired) electrons. The Kier molecular flexibility index (Phi) is 6.92. The number of hydrogen-bond donors (Lipinski definition) is 2. The molecule has 146 valence electrons. The van der Waals surface area contributed by atoms with Gasteiger partial charge < -0.3 is 14.7 Å². The van der Waals surface area contributed by atoms with Crippen molar-refractivity contribution in [1.82, 2.24) is 0 Å². The Balaban J connectivity index is 1.93. The maximum atomic E-state index is 11.9. The number of aliphatic hydroxyl groups is 1. The van der Waals surface area contributed by atoms with Crippen LogP contribution in [0.5, 0.6) is 5.75 Å². The predicted octanol–water partition coefficient (Wildman–Crippen LogP) is 3.54. The number of nitrogens with one attached hydrogen (secondary N) is 1. The van der Waals surface area contributed by atoms with E-state index in [4.69, 9.17) is 4.74 Å². The zero-order chi connectivity index (χ0) is 19.1. The van der Waals surface area contributed by atoms with E-state index in [-0.39, 0.29) is 5.92 Å². The first kappa shape index (κ1) is 19.9. The molecular weight excluding hydrogens is 334 g/mol. The van der Waals surface area contributed by atoms with Crippen molar-refractivity contribution >= 4 is 0 Å². The van der Waals surface area contributed by atoms with E-state index in [1.807, 2.05) is 31.2 Å². The molecular formula is C24H34NO2+. The third-order valence-corrected chi connectivity index (χ3v) is 6.04. The summed E-state index contributed by atoms with van der Waals surface area (Å²) in [5, 5.41) is 11.9. The molecule has 1 aliphatic rings. The molecule has 2 atom stereocenters. The Morgan fingerprint density at radius 2 is 1.63 bits per heavy atom. The standard InChI is InChI=1S/C24H33NO2/c1-3-24(26,21-13-15-22(16-14-21)27-4-2)23(20-11-7-5-8-12-20)19-25-17-9-6-10-18-25/h5,7-8,11-16,23,26H,3-4,6,9-10,17-19H2,1-2H3/p+1. The summed E-state index contributed by atoms with van der Waals surface area (Å²) in [7, 11) is 0. The molecule has 2 N–H and O–H groups in total. The van der Waals surface area contributed by atoms with E-state index in [0.29, 0.717) is 13.0 Å². The molecule has 0 amide bonds. The maximum Gasteiger partial charge on any atom is 0.119 e. The lowest BCUT2D eigenvalue weighted by Crippen LogP contribution is -3.13. The van der Waals surface area contributed by atoms with Crippen LogP contribution in [0.2, 0.25) is 0 Å². The predicted molar refractivity (Wildman–Crippen MR) is 110 cm³/mol. The molecule has 3 rings (SSSR count). The minimum absolute atomic E-state index is 0.0785. The molecule has 1 saturated heterocycles. The van der Waals surface area contributed by atoms with Crippen LogP contribution in [0.4, 0.5) is 0 Å². The van der Waals surface area contributed by atoms with Crippen LogP contribution in [0.3, 0.4) is 0 Å². The van der Waals surface area contributed by atoms with Crippen molar-refractivity contribution in [3.63, 3.8) is 0 Å². The summed E-state index contributed by atoms with van der Waals surface area (Å²) in [5.41, 5.74) is 1.34. The van der Waals surface area contributed by atoms with Crippen molar-refractivity contribution in [3.05, 3.63) is 65.7 Å². The van der Waals surface area contributed by atoms with Gasteiger partial charge in [-0.2, -0.15) is 0 Å². The van der Waals surface area contributed by atoms with Gasteiger partial charge in [0.25, 0.3) is 0 Å². The molecule has 2 aromatic rings. The van der Waals surface area contributed by atoms with Gasteiger partial charge in [0.1, 0.15) is 11.4 Å². The smallest absolute Gasteiger partial charge is 0.119 e. The lowest BCUT2D eigenvalue weighted by molar-refractivity contribution is -0.907. The highest BCUT2D eigenvalue weighted by atomic mass is 16.5. The quantitative estimate of drug-likeness (QED) is 0.747. The van der Waals surface area contributed by atoms with Crippen molar-refractivity contribution < 1.29 is 14.7 Å². The van der Waals surface area contributed by atoms with E-state index in [2.05, 4.69) is 37.3 Å². The molecule has 0 aromatic heterocycles. The van der Waals surface area contributed by atoms with E-state index >= 15 is 0 Å². The molecule has 2 aromatic carbocycles. The summed E-state index contributed by atoms with van der Waals surface area (Å²) >= 11 is 0. The first-order valence-electron chi connectivity index (χ1n) is 10.5. The number of ether oxygens (including phenoxy) is 1. The van der Waals surface area contributed by atoms with Gasteiger partial charge in [-0.1, -0.05) is 49.4 Å². The third kappa shape index (κ3) is 4.72. The summed E-state index contributed by atoms with van der Waals surface area (Å²) < 4.78 is 5.59. The van der Waals surface area contributed by atoms with Gasteiger partial charge >= 0.3 is 0 Å². The van der Waals surface area contributed by atoms with Crippen LogP contribution in [0.1, 0.15) is 56.6 Å². The zero-order valence-electron chi connectivity index (χ0n) is 16.8. The van der Waals surface area contributed by atoms with Crippen LogP contribution >= 0.6 is 0 Å². The second kappa shape index (κ2) is 9.38. The van der Waals surface area contributed by atoms with Crippen LogP contribution in [0.25, 0.3) is 0 Å². The van der Waals surface area contributed by atoms with Crippen LogP contribution in [-0.4, -0.2) is 31.3 Å². The summed E-state index contributed by atoms with van der Waals surface area (Å²) in [5.74, 6) is 0.937. The van der Waals surface area contributed by atoms with Crippen LogP contribution in [0.15, 0.2) is 54.6 Å². The fourth-order valence-corrected chi connectivity index (χ4v) is 4.45.